The second-order valence-electron chi connectivity index (χ2n) is 6.54. The van der Waals surface area contributed by atoms with Crippen molar-refractivity contribution in [1.29, 1.82) is 0 Å². The first-order chi connectivity index (χ1) is 13.3. The van der Waals surface area contributed by atoms with Gasteiger partial charge in [0.1, 0.15) is 4.90 Å². The van der Waals surface area contributed by atoms with Crippen LogP contribution in [0.3, 0.4) is 0 Å². The molecule has 2 aromatic rings. The van der Waals surface area contributed by atoms with Crippen LogP contribution in [0.5, 0.6) is 0 Å². The highest BCUT2D eigenvalue weighted by atomic mass is 79.9. The number of rotatable bonds is 5. The number of sulfonamides is 1. The molecule has 28 heavy (non-hydrogen) atoms. The van der Waals surface area contributed by atoms with Crippen molar-refractivity contribution in [3.63, 3.8) is 0 Å². The van der Waals surface area contributed by atoms with Crippen molar-refractivity contribution in [2.75, 3.05) is 31.5 Å². The maximum atomic E-state index is 12.8. The molecule has 1 saturated heterocycles. The van der Waals surface area contributed by atoms with Gasteiger partial charge in [0.05, 0.1) is 11.1 Å². The number of benzene rings is 2. The van der Waals surface area contributed by atoms with E-state index < -0.39 is 10.0 Å². The maximum absolute atomic E-state index is 12.8. The second-order valence-corrected chi connectivity index (χ2v) is 9.77. The Morgan fingerprint density at radius 3 is 2.29 bits per heavy atom. The molecule has 9 heteroatoms. The molecule has 1 amide bonds. The van der Waals surface area contributed by atoms with Crippen LogP contribution in [0.15, 0.2) is 57.9 Å². The van der Waals surface area contributed by atoms with Crippen LogP contribution in [-0.2, 0) is 14.8 Å². The van der Waals surface area contributed by atoms with Crippen LogP contribution >= 0.6 is 27.5 Å². The lowest BCUT2D eigenvalue weighted by molar-refractivity contribution is -0.121. The molecule has 0 aliphatic carbocycles. The predicted octanol–water partition coefficient (Wildman–Crippen LogP) is 3.44. The average molecular weight is 487 g/mol. The molecule has 0 bridgehead atoms. The van der Waals surface area contributed by atoms with E-state index in [1.54, 1.807) is 18.2 Å². The number of anilines is 1. The van der Waals surface area contributed by atoms with Gasteiger partial charge in [-0.05, 0) is 43.3 Å². The number of carbonyl (C=O) groups is 1. The van der Waals surface area contributed by atoms with Crippen molar-refractivity contribution in [2.45, 2.75) is 17.9 Å². The number of halogens is 2. The molecule has 150 valence electrons. The van der Waals surface area contributed by atoms with Gasteiger partial charge < -0.3 is 5.32 Å². The predicted molar refractivity (Wildman–Crippen MR) is 114 cm³/mol. The Labute approximate surface area is 178 Å². The molecular formula is C19H21BrClN3O3S. The molecule has 0 saturated carbocycles. The standard InChI is InChI=1S/C19H21BrClN3O3S/c1-14(19(25)22-16-8-6-15(20)7-9-16)23-10-12-24(13-11-23)28(26,27)18-5-3-2-4-17(18)21/h2-9,14H,10-13H2,1H3,(H,22,25). The van der Waals surface area contributed by atoms with Gasteiger partial charge in [-0.15, -0.1) is 0 Å². The first kappa shape index (κ1) is 21.3. The smallest absolute Gasteiger partial charge is 0.244 e. The Bertz CT molecular complexity index is 945. The van der Waals surface area contributed by atoms with E-state index in [0.717, 1.165) is 10.2 Å². The third-order valence-electron chi connectivity index (χ3n) is 4.77. The van der Waals surface area contributed by atoms with Gasteiger partial charge in [0.2, 0.25) is 15.9 Å². The summed E-state index contributed by atoms with van der Waals surface area (Å²) in [6, 6.07) is 13.4. The van der Waals surface area contributed by atoms with Gasteiger partial charge in [0.15, 0.2) is 0 Å². The van der Waals surface area contributed by atoms with E-state index in [0.29, 0.717) is 26.2 Å². The van der Waals surface area contributed by atoms with Crippen molar-refractivity contribution in [1.82, 2.24) is 9.21 Å². The SMILES string of the molecule is CC(C(=O)Nc1ccc(Br)cc1)N1CCN(S(=O)(=O)c2ccccc2Cl)CC1. The molecule has 3 rings (SSSR count). The lowest BCUT2D eigenvalue weighted by atomic mass is 10.2. The lowest BCUT2D eigenvalue weighted by Crippen LogP contribution is -2.53. The Hall–Kier alpha value is -1.45. The molecule has 0 aromatic heterocycles. The van der Waals surface area contributed by atoms with Gasteiger partial charge in [-0.2, -0.15) is 4.31 Å². The van der Waals surface area contributed by atoms with Crippen molar-refractivity contribution < 1.29 is 13.2 Å². The van der Waals surface area contributed by atoms with Crippen LogP contribution in [0, 0.1) is 0 Å². The van der Waals surface area contributed by atoms with Crippen LogP contribution in [0.1, 0.15) is 6.92 Å². The molecule has 1 N–H and O–H groups in total. The Morgan fingerprint density at radius 2 is 1.68 bits per heavy atom. The fourth-order valence-electron chi connectivity index (χ4n) is 3.07. The number of hydrogen-bond acceptors (Lipinski definition) is 4. The summed E-state index contributed by atoms with van der Waals surface area (Å²) in [5, 5.41) is 3.11. The number of nitrogens with zero attached hydrogens (tertiary/aromatic N) is 2. The summed E-state index contributed by atoms with van der Waals surface area (Å²) in [7, 11) is -3.64. The molecule has 1 fully saturated rings. The number of nitrogens with one attached hydrogen (secondary N) is 1. The van der Waals surface area contributed by atoms with E-state index in [1.165, 1.54) is 10.4 Å². The highest BCUT2D eigenvalue weighted by Gasteiger charge is 2.32. The Balaban J connectivity index is 1.60. The van der Waals surface area contributed by atoms with E-state index in [2.05, 4.69) is 21.2 Å². The van der Waals surface area contributed by atoms with Gasteiger partial charge in [-0.25, -0.2) is 8.42 Å². The maximum Gasteiger partial charge on any atom is 0.244 e. The second kappa shape index (κ2) is 8.92. The molecule has 0 spiro atoms. The lowest BCUT2D eigenvalue weighted by Gasteiger charge is -2.36. The topological polar surface area (TPSA) is 69.7 Å². The first-order valence-electron chi connectivity index (χ1n) is 8.84. The summed E-state index contributed by atoms with van der Waals surface area (Å²) in [5.74, 6) is -0.121. The number of amides is 1. The third kappa shape index (κ3) is 4.75. The van der Waals surface area contributed by atoms with E-state index in [-0.39, 0.29) is 21.9 Å². The van der Waals surface area contributed by atoms with Crippen molar-refractivity contribution >= 4 is 49.1 Å². The Kier molecular flexibility index (Phi) is 6.77. The quantitative estimate of drug-likeness (QED) is 0.703. The summed E-state index contributed by atoms with van der Waals surface area (Å²) in [4.78, 5) is 14.6. The van der Waals surface area contributed by atoms with Gasteiger partial charge in [0.25, 0.3) is 0 Å². The average Bonchev–Trinajstić information content (AvgIpc) is 2.69. The minimum absolute atomic E-state index is 0.117. The van der Waals surface area contributed by atoms with Gasteiger partial charge in [-0.1, -0.05) is 39.7 Å². The molecule has 1 heterocycles. The van der Waals surface area contributed by atoms with Crippen LogP contribution in [0.4, 0.5) is 5.69 Å². The molecular weight excluding hydrogens is 466 g/mol. The minimum atomic E-state index is -3.64. The summed E-state index contributed by atoms with van der Waals surface area (Å²) in [6.07, 6.45) is 0. The van der Waals surface area contributed by atoms with Crippen LogP contribution in [0.2, 0.25) is 5.02 Å². The fraction of sp³-hybridized carbons (Fsp3) is 0.316. The van der Waals surface area contributed by atoms with Crippen molar-refractivity contribution in [3.8, 4) is 0 Å². The van der Waals surface area contributed by atoms with Crippen molar-refractivity contribution in [2.24, 2.45) is 0 Å². The first-order valence-corrected chi connectivity index (χ1v) is 11.5. The zero-order valence-electron chi connectivity index (χ0n) is 15.3. The highest BCUT2D eigenvalue weighted by molar-refractivity contribution is 9.10. The normalized spacial score (nSPS) is 17.2. The summed E-state index contributed by atoms with van der Waals surface area (Å²) >= 11 is 9.43. The zero-order chi connectivity index (χ0) is 20.3. The van der Waals surface area contributed by atoms with Gasteiger partial charge >= 0.3 is 0 Å². The van der Waals surface area contributed by atoms with E-state index in [1.807, 2.05) is 36.1 Å². The summed E-state index contributed by atoms with van der Waals surface area (Å²) < 4.78 is 28.0. The highest BCUT2D eigenvalue weighted by Crippen LogP contribution is 2.25. The number of hydrogen-bond donors (Lipinski definition) is 1. The monoisotopic (exact) mass is 485 g/mol. The van der Waals surface area contributed by atoms with Crippen LogP contribution in [-0.4, -0.2) is 55.8 Å². The molecule has 1 aliphatic heterocycles. The molecule has 2 aromatic carbocycles. The van der Waals surface area contributed by atoms with E-state index >= 15 is 0 Å². The molecule has 6 nitrogen and oxygen atoms in total. The van der Waals surface area contributed by atoms with E-state index in [4.69, 9.17) is 11.6 Å². The summed E-state index contributed by atoms with van der Waals surface area (Å²) in [6.45, 7) is 3.39. The summed E-state index contributed by atoms with van der Waals surface area (Å²) in [5.41, 5.74) is 0.722. The molecule has 1 atom stereocenters. The van der Waals surface area contributed by atoms with Gasteiger partial charge in [-0.3, -0.25) is 9.69 Å². The molecule has 1 unspecified atom stereocenters. The minimum Gasteiger partial charge on any atom is -0.325 e. The third-order valence-corrected chi connectivity index (χ3v) is 7.69. The zero-order valence-corrected chi connectivity index (χ0v) is 18.5. The van der Waals surface area contributed by atoms with Crippen LogP contribution < -0.4 is 5.32 Å². The number of carbonyl (C=O) groups excluding carboxylic acids is 1. The number of piperazine rings is 1. The van der Waals surface area contributed by atoms with Crippen molar-refractivity contribution in [3.05, 3.63) is 58.0 Å². The van der Waals surface area contributed by atoms with Gasteiger partial charge in [0, 0.05) is 36.3 Å². The van der Waals surface area contributed by atoms with E-state index in [9.17, 15) is 13.2 Å². The molecule has 1 aliphatic rings. The fourth-order valence-corrected chi connectivity index (χ4v) is 5.25. The Morgan fingerprint density at radius 1 is 1.07 bits per heavy atom. The van der Waals surface area contributed by atoms with Crippen LogP contribution in [0.25, 0.3) is 0 Å². The molecule has 0 radical (unpaired) electrons. The largest absolute Gasteiger partial charge is 0.325 e.